The summed E-state index contributed by atoms with van der Waals surface area (Å²) in [5.41, 5.74) is 1.51. The minimum atomic E-state index is -0.257. The first-order valence-corrected chi connectivity index (χ1v) is 5.79. The number of allylic oxidation sites excluding steroid dienone is 1. The summed E-state index contributed by atoms with van der Waals surface area (Å²) in [5, 5.41) is 2.79. The number of nitrogens with zero attached hydrogens (tertiary/aromatic N) is 2. The van der Waals surface area contributed by atoms with Crippen LogP contribution in [0.3, 0.4) is 0 Å². The zero-order valence-corrected chi connectivity index (χ0v) is 10.7. The number of carbonyl (C=O) groups excluding carboxylic acids is 1. The maximum atomic E-state index is 12.0. The molecule has 1 aromatic carbocycles. The number of nitrogens with one attached hydrogen (secondary N) is 1. The zero-order chi connectivity index (χ0) is 13.7. The van der Waals surface area contributed by atoms with Crippen LogP contribution in [-0.4, -0.2) is 30.9 Å². The van der Waals surface area contributed by atoms with Crippen LogP contribution in [0.15, 0.2) is 42.0 Å². The molecule has 0 bridgehead atoms. The summed E-state index contributed by atoms with van der Waals surface area (Å²) in [6.07, 6.45) is 6.75. The minimum absolute atomic E-state index is 0.257. The number of hydrogen-bond donors (Lipinski definition) is 1. The quantitative estimate of drug-likeness (QED) is 0.905. The first-order chi connectivity index (χ1) is 9.24. The van der Waals surface area contributed by atoms with E-state index in [1.54, 1.807) is 43.8 Å². The highest BCUT2D eigenvalue weighted by Gasteiger charge is 2.13. The fraction of sp³-hybridized carbons (Fsp3) is 0.143. The van der Waals surface area contributed by atoms with Gasteiger partial charge in [-0.1, -0.05) is 18.7 Å². The van der Waals surface area contributed by atoms with Gasteiger partial charge in [-0.3, -0.25) is 9.89 Å². The Balaban J connectivity index is 2.17. The van der Waals surface area contributed by atoms with Crippen LogP contribution in [0.1, 0.15) is 5.56 Å². The highest BCUT2D eigenvalue weighted by Crippen LogP contribution is 2.26. The van der Waals surface area contributed by atoms with Gasteiger partial charge in [0.05, 0.1) is 12.8 Å². The van der Waals surface area contributed by atoms with Gasteiger partial charge in [-0.15, -0.1) is 0 Å². The molecule has 0 radical (unpaired) electrons. The Labute approximate surface area is 111 Å². The number of hydrogen-bond acceptors (Lipinski definition) is 3. The average Bonchev–Trinajstić information content (AvgIpc) is 2.48. The van der Waals surface area contributed by atoms with E-state index in [4.69, 9.17) is 4.74 Å². The van der Waals surface area contributed by atoms with Gasteiger partial charge in [-0.05, 0) is 23.8 Å². The van der Waals surface area contributed by atoms with E-state index in [1.165, 1.54) is 4.90 Å². The van der Waals surface area contributed by atoms with Gasteiger partial charge in [0, 0.05) is 12.4 Å². The fourth-order valence-corrected chi connectivity index (χ4v) is 1.65. The number of carbonyl (C=O) groups is 1. The number of rotatable bonds is 3. The summed E-state index contributed by atoms with van der Waals surface area (Å²) in [6, 6.07) is 5.21. The predicted molar refractivity (Wildman–Crippen MR) is 76.4 cm³/mol. The van der Waals surface area contributed by atoms with E-state index in [1.807, 2.05) is 6.07 Å². The highest BCUT2D eigenvalue weighted by molar-refractivity contribution is 5.92. The third-order valence-corrected chi connectivity index (χ3v) is 2.65. The molecule has 1 N–H and O–H groups in total. The summed E-state index contributed by atoms with van der Waals surface area (Å²) < 4.78 is 5.22. The van der Waals surface area contributed by atoms with Crippen LogP contribution in [0.2, 0.25) is 0 Å². The summed E-state index contributed by atoms with van der Waals surface area (Å²) in [5.74, 6) is 0.600. The highest BCUT2D eigenvalue weighted by atomic mass is 16.5. The fourth-order valence-electron chi connectivity index (χ4n) is 1.65. The number of aliphatic imine (C=N–C) groups is 1. The first kappa shape index (κ1) is 12.9. The van der Waals surface area contributed by atoms with Gasteiger partial charge in [-0.25, -0.2) is 4.79 Å². The SMILES string of the molecule is C=Cc1ccc(OC)c(NC(=O)N2C=CC=NC2)c1. The Hall–Kier alpha value is -2.56. The van der Waals surface area contributed by atoms with Gasteiger partial charge >= 0.3 is 6.03 Å². The maximum absolute atomic E-state index is 12.0. The van der Waals surface area contributed by atoms with Crippen molar-refractivity contribution in [1.82, 2.24) is 4.90 Å². The van der Waals surface area contributed by atoms with Gasteiger partial charge in [0.1, 0.15) is 12.4 Å². The number of anilines is 1. The molecule has 0 fully saturated rings. The molecular formula is C14H15N3O2. The van der Waals surface area contributed by atoms with Crippen molar-refractivity contribution in [1.29, 1.82) is 0 Å². The van der Waals surface area contributed by atoms with Crippen molar-refractivity contribution >= 4 is 24.0 Å². The van der Waals surface area contributed by atoms with Crippen LogP contribution in [0.5, 0.6) is 5.75 Å². The Kier molecular flexibility index (Phi) is 3.97. The lowest BCUT2D eigenvalue weighted by atomic mass is 10.2. The van der Waals surface area contributed by atoms with Crippen LogP contribution in [-0.2, 0) is 0 Å². The minimum Gasteiger partial charge on any atom is -0.495 e. The van der Waals surface area contributed by atoms with Crippen LogP contribution in [0.25, 0.3) is 6.08 Å². The van der Waals surface area contributed by atoms with E-state index in [0.717, 1.165) is 5.56 Å². The smallest absolute Gasteiger partial charge is 0.327 e. The normalized spacial score (nSPS) is 13.2. The molecule has 98 valence electrons. The molecule has 2 amide bonds. The molecule has 1 aliphatic rings. The van der Waals surface area contributed by atoms with E-state index in [0.29, 0.717) is 18.1 Å². The number of urea groups is 1. The van der Waals surface area contributed by atoms with Crippen molar-refractivity contribution in [2.45, 2.75) is 0 Å². The topological polar surface area (TPSA) is 53.9 Å². The Bertz CT molecular complexity index is 550. The van der Waals surface area contributed by atoms with E-state index >= 15 is 0 Å². The number of amides is 2. The maximum Gasteiger partial charge on any atom is 0.327 e. The summed E-state index contributed by atoms with van der Waals surface area (Å²) in [4.78, 5) is 17.5. The predicted octanol–water partition coefficient (Wildman–Crippen LogP) is 2.73. The second-order valence-electron chi connectivity index (χ2n) is 3.88. The Morgan fingerprint density at radius 1 is 1.58 bits per heavy atom. The molecule has 0 saturated heterocycles. The zero-order valence-electron chi connectivity index (χ0n) is 10.7. The summed E-state index contributed by atoms with van der Waals surface area (Å²) >= 11 is 0. The molecule has 0 aromatic heterocycles. The molecule has 2 rings (SSSR count). The third kappa shape index (κ3) is 3.01. The van der Waals surface area contributed by atoms with Crippen LogP contribution in [0.4, 0.5) is 10.5 Å². The molecule has 1 heterocycles. The van der Waals surface area contributed by atoms with Crippen molar-refractivity contribution < 1.29 is 9.53 Å². The lowest BCUT2D eigenvalue weighted by Crippen LogP contribution is -2.31. The van der Waals surface area contributed by atoms with Gasteiger partial charge in [0.25, 0.3) is 0 Å². The van der Waals surface area contributed by atoms with Crippen molar-refractivity contribution in [3.8, 4) is 5.75 Å². The number of ether oxygens (including phenoxy) is 1. The van der Waals surface area contributed by atoms with Gasteiger partial charge in [-0.2, -0.15) is 0 Å². The summed E-state index contributed by atoms with van der Waals surface area (Å²) in [6.45, 7) is 4.01. The summed E-state index contributed by atoms with van der Waals surface area (Å²) in [7, 11) is 1.56. The second-order valence-corrected chi connectivity index (χ2v) is 3.88. The standard InChI is InChI=1S/C14H15N3O2/c1-3-11-5-6-13(19-2)12(9-11)16-14(18)17-8-4-7-15-10-17/h3-9H,1,10H2,2H3,(H,16,18). The monoisotopic (exact) mass is 257 g/mol. The van der Waals surface area contributed by atoms with Gasteiger partial charge < -0.3 is 10.1 Å². The molecule has 1 aliphatic heterocycles. The van der Waals surface area contributed by atoms with E-state index in [2.05, 4.69) is 16.9 Å². The van der Waals surface area contributed by atoms with Gasteiger partial charge in [0.2, 0.25) is 0 Å². The molecule has 5 heteroatoms. The number of methoxy groups -OCH3 is 1. The van der Waals surface area contributed by atoms with Crippen molar-refractivity contribution in [3.63, 3.8) is 0 Å². The molecule has 19 heavy (non-hydrogen) atoms. The molecule has 0 saturated carbocycles. The molecule has 5 nitrogen and oxygen atoms in total. The van der Waals surface area contributed by atoms with Crippen LogP contribution >= 0.6 is 0 Å². The van der Waals surface area contributed by atoms with Crippen molar-refractivity contribution in [2.24, 2.45) is 4.99 Å². The molecule has 1 aromatic rings. The van der Waals surface area contributed by atoms with E-state index in [-0.39, 0.29) is 6.03 Å². The first-order valence-electron chi connectivity index (χ1n) is 5.79. The van der Waals surface area contributed by atoms with Crippen LogP contribution in [0, 0.1) is 0 Å². The molecular weight excluding hydrogens is 242 g/mol. The largest absolute Gasteiger partial charge is 0.495 e. The van der Waals surface area contributed by atoms with Gasteiger partial charge in [0.15, 0.2) is 0 Å². The molecule has 0 spiro atoms. The van der Waals surface area contributed by atoms with E-state index in [9.17, 15) is 4.79 Å². The van der Waals surface area contributed by atoms with E-state index < -0.39 is 0 Å². The van der Waals surface area contributed by atoms with Crippen molar-refractivity contribution in [3.05, 3.63) is 42.6 Å². The Morgan fingerprint density at radius 2 is 2.42 bits per heavy atom. The van der Waals surface area contributed by atoms with Crippen molar-refractivity contribution in [2.75, 3.05) is 19.1 Å². The number of benzene rings is 1. The third-order valence-electron chi connectivity index (χ3n) is 2.65. The lowest BCUT2D eigenvalue weighted by Gasteiger charge is -2.19. The average molecular weight is 257 g/mol. The Morgan fingerprint density at radius 3 is 3.05 bits per heavy atom. The molecule has 0 atom stereocenters. The lowest BCUT2D eigenvalue weighted by molar-refractivity contribution is 0.229. The molecule has 0 unspecified atom stereocenters. The second kappa shape index (κ2) is 5.86. The molecule has 0 aliphatic carbocycles. The van der Waals surface area contributed by atoms with Crippen LogP contribution < -0.4 is 10.1 Å².